The average Bonchev–Trinajstić information content (AvgIpc) is 2.10. The van der Waals surface area contributed by atoms with Crippen LogP contribution >= 0.6 is 11.8 Å². The summed E-state index contributed by atoms with van der Waals surface area (Å²) in [5.74, 6) is -0.531. The van der Waals surface area contributed by atoms with E-state index < -0.39 is 5.97 Å². The molecule has 0 bridgehead atoms. The Morgan fingerprint density at radius 3 is 2.93 bits per heavy atom. The standard InChI is InChI=1S/C10H11FO2S/c1-7-2-3-9(11)4-8(7)5-14-6-10(12)13/h2-4H,5-6H2,1H3,(H,12,13). The molecule has 0 spiro atoms. The van der Waals surface area contributed by atoms with Gasteiger partial charge in [0, 0.05) is 5.75 Å². The molecule has 0 fully saturated rings. The van der Waals surface area contributed by atoms with Crippen molar-refractivity contribution in [1.82, 2.24) is 0 Å². The second-order valence-corrected chi connectivity index (χ2v) is 3.94. The van der Waals surface area contributed by atoms with Crippen LogP contribution in [-0.2, 0) is 10.5 Å². The van der Waals surface area contributed by atoms with Crippen LogP contribution in [0.25, 0.3) is 0 Å². The normalized spacial score (nSPS) is 10.1. The van der Waals surface area contributed by atoms with Gasteiger partial charge >= 0.3 is 5.97 Å². The number of aliphatic carboxylic acids is 1. The Morgan fingerprint density at radius 2 is 2.29 bits per heavy atom. The maximum Gasteiger partial charge on any atom is 0.313 e. The van der Waals surface area contributed by atoms with Gasteiger partial charge in [-0.3, -0.25) is 4.79 Å². The molecule has 76 valence electrons. The van der Waals surface area contributed by atoms with Crippen molar-refractivity contribution in [1.29, 1.82) is 0 Å². The molecule has 0 heterocycles. The molecular weight excluding hydrogens is 203 g/mol. The second kappa shape index (κ2) is 5.00. The van der Waals surface area contributed by atoms with Gasteiger partial charge in [0.2, 0.25) is 0 Å². The minimum absolute atomic E-state index is 0.0515. The molecule has 1 aromatic rings. The van der Waals surface area contributed by atoms with Crippen LogP contribution in [0.4, 0.5) is 4.39 Å². The summed E-state index contributed by atoms with van der Waals surface area (Å²) in [4.78, 5) is 10.2. The number of hydrogen-bond acceptors (Lipinski definition) is 2. The van der Waals surface area contributed by atoms with Crippen LogP contribution in [-0.4, -0.2) is 16.8 Å². The van der Waals surface area contributed by atoms with E-state index in [1.165, 1.54) is 23.9 Å². The number of aryl methyl sites for hydroxylation is 1. The smallest absolute Gasteiger partial charge is 0.313 e. The van der Waals surface area contributed by atoms with Crippen molar-refractivity contribution >= 4 is 17.7 Å². The largest absolute Gasteiger partial charge is 0.481 e. The minimum atomic E-state index is -0.843. The third-order valence-corrected chi connectivity index (χ3v) is 2.76. The van der Waals surface area contributed by atoms with Gasteiger partial charge < -0.3 is 5.11 Å². The second-order valence-electron chi connectivity index (χ2n) is 2.96. The summed E-state index contributed by atoms with van der Waals surface area (Å²) in [7, 11) is 0. The topological polar surface area (TPSA) is 37.3 Å². The zero-order valence-corrected chi connectivity index (χ0v) is 8.60. The first-order valence-corrected chi connectivity index (χ1v) is 5.29. The minimum Gasteiger partial charge on any atom is -0.481 e. The molecule has 0 aliphatic carbocycles. The number of hydrogen-bond donors (Lipinski definition) is 1. The van der Waals surface area contributed by atoms with Crippen LogP contribution in [0.2, 0.25) is 0 Å². The maximum atomic E-state index is 12.8. The van der Waals surface area contributed by atoms with E-state index in [1.54, 1.807) is 6.07 Å². The average molecular weight is 214 g/mol. The van der Waals surface area contributed by atoms with Crippen LogP contribution in [0.5, 0.6) is 0 Å². The van der Waals surface area contributed by atoms with Gasteiger partial charge in [0.15, 0.2) is 0 Å². The Labute approximate surface area is 86.1 Å². The summed E-state index contributed by atoms with van der Waals surface area (Å²) in [6, 6.07) is 4.55. The molecule has 0 unspecified atom stereocenters. The lowest BCUT2D eigenvalue weighted by Crippen LogP contribution is -1.99. The van der Waals surface area contributed by atoms with Gasteiger partial charge in [-0.15, -0.1) is 11.8 Å². The van der Waals surface area contributed by atoms with E-state index >= 15 is 0 Å². The molecule has 0 aromatic heterocycles. The Morgan fingerprint density at radius 1 is 1.57 bits per heavy atom. The van der Waals surface area contributed by atoms with Crippen molar-refractivity contribution in [3.63, 3.8) is 0 Å². The van der Waals surface area contributed by atoms with Crippen LogP contribution in [0.1, 0.15) is 11.1 Å². The molecule has 0 radical (unpaired) electrons. The van der Waals surface area contributed by atoms with Crippen LogP contribution in [0.3, 0.4) is 0 Å². The Hall–Kier alpha value is -1.03. The van der Waals surface area contributed by atoms with Gasteiger partial charge in [-0.25, -0.2) is 4.39 Å². The van der Waals surface area contributed by atoms with E-state index in [9.17, 15) is 9.18 Å². The quantitative estimate of drug-likeness (QED) is 0.836. The summed E-state index contributed by atoms with van der Waals surface area (Å²) in [6.45, 7) is 1.89. The molecule has 0 saturated heterocycles. The van der Waals surface area contributed by atoms with E-state index in [0.717, 1.165) is 11.1 Å². The molecule has 0 amide bonds. The summed E-state index contributed by atoms with van der Waals surface area (Å²) in [5.41, 5.74) is 1.85. The zero-order chi connectivity index (χ0) is 10.6. The van der Waals surface area contributed by atoms with E-state index in [-0.39, 0.29) is 11.6 Å². The van der Waals surface area contributed by atoms with E-state index in [2.05, 4.69) is 0 Å². The maximum absolute atomic E-state index is 12.8. The zero-order valence-electron chi connectivity index (χ0n) is 7.79. The van der Waals surface area contributed by atoms with Crippen molar-refractivity contribution in [2.45, 2.75) is 12.7 Å². The number of thioether (sulfide) groups is 1. The van der Waals surface area contributed by atoms with Crippen molar-refractivity contribution in [2.75, 3.05) is 5.75 Å². The van der Waals surface area contributed by atoms with Gasteiger partial charge in [-0.2, -0.15) is 0 Å². The Balaban J connectivity index is 2.57. The molecule has 14 heavy (non-hydrogen) atoms. The van der Waals surface area contributed by atoms with E-state index in [0.29, 0.717) is 5.75 Å². The number of rotatable bonds is 4. The summed E-state index contributed by atoms with van der Waals surface area (Å²) in [5, 5.41) is 8.42. The lowest BCUT2D eigenvalue weighted by atomic mass is 10.1. The molecule has 1 rings (SSSR count). The first-order valence-electron chi connectivity index (χ1n) is 4.14. The molecule has 1 aromatic carbocycles. The van der Waals surface area contributed by atoms with Crippen molar-refractivity contribution in [3.8, 4) is 0 Å². The Kier molecular flexibility index (Phi) is 3.95. The van der Waals surface area contributed by atoms with E-state index in [1.807, 2.05) is 6.92 Å². The lowest BCUT2D eigenvalue weighted by Gasteiger charge is -2.04. The number of carbonyl (C=O) groups is 1. The Bertz CT molecular complexity index is 339. The monoisotopic (exact) mass is 214 g/mol. The van der Waals surface area contributed by atoms with Gasteiger partial charge in [-0.05, 0) is 30.2 Å². The highest BCUT2D eigenvalue weighted by Gasteiger charge is 2.02. The SMILES string of the molecule is Cc1ccc(F)cc1CSCC(=O)O. The number of carboxylic acids is 1. The summed E-state index contributed by atoms with van der Waals surface area (Å²) < 4.78 is 12.8. The number of halogens is 1. The number of carboxylic acid groups (broad SMARTS) is 1. The highest BCUT2D eigenvalue weighted by molar-refractivity contribution is 7.99. The predicted octanol–water partition coefficient (Wildman–Crippen LogP) is 2.45. The molecule has 0 atom stereocenters. The third-order valence-electron chi connectivity index (χ3n) is 1.79. The van der Waals surface area contributed by atoms with Gasteiger partial charge in [0.1, 0.15) is 5.82 Å². The fourth-order valence-electron chi connectivity index (χ4n) is 1.04. The third kappa shape index (κ3) is 3.38. The number of benzene rings is 1. The first-order chi connectivity index (χ1) is 6.59. The van der Waals surface area contributed by atoms with Crippen LogP contribution < -0.4 is 0 Å². The summed E-state index contributed by atoms with van der Waals surface area (Å²) >= 11 is 1.27. The van der Waals surface area contributed by atoms with E-state index in [4.69, 9.17) is 5.11 Å². The van der Waals surface area contributed by atoms with Crippen LogP contribution in [0, 0.1) is 12.7 Å². The predicted molar refractivity (Wildman–Crippen MR) is 54.9 cm³/mol. The highest BCUT2D eigenvalue weighted by atomic mass is 32.2. The molecule has 2 nitrogen and oxygen atoms in total. The highest BCUT2D eigenvalue weighted by Crippen LogP contribution is 2.17. The molecule has 4 heteroatoms. The molecule has 0 saturated carbocycles. The summed E-state index contributed by atoms with van der Waals surface area (Å²) in [6.07, 6.45) is 0. The molecular formula is C10H11FO2S. The lowest BCUT2D eigenvalue weighted by molar-refractivity contribution is -0.133. The van der Waals surface area contributed by atoms with Gasteiger partial charge in [0.25, 0.3) is 0 Å². The fourth-order valence-corrected chi connectivity index (χ4v) is 1.85. The van der Waals surface area contributed by atoms with Crippen molar-refractivity contribution < 1.29 is 14.3 Å². The van der Waals surface area contributed by atoms with Crippen molar-refractivity contribution in [3.05, 3.63) is 35.1 Å². The van der Waals surface area contributed by atoms with Crippen LogP contribution in [0.15, 0.2) is 18.2 Å². The van der Waals surface area contributed by atoms with Gasteiger partial charge in [-0.1, -0.05) is 6.07 Å². The van der Waals surface area contributed by atoms with Gasteiger partial charge in [0.05, 0.1) is 5.75 Å². The van der Waals surface area contributed by atoms with Crippen molar-refractivity contribution in [2.24, 2.45) is 0 Å². The molecule has 0 aliphatic rings. The fraction of sp³-hybridized carbons (Fsp3) is 0.300. The first kappa shape index (κ1) is 11.0. The molecule has 0 aliphatic heterocycles. The molecule has 1 N–H and O–H groups in total.